The van der Waals surface area contributed by atoms with Crippen LogP contribution >= 0.6 is 0 Å². The van der Waals surface area contributed by atoms with Gasteiger partial charge in [-0.25, -0.2) is 8.42 Å². The maximum Gasteiger partial charge on any atom is 0.243 e. The first kappa shape index (κ1) is 23.4. The van der Waals surface area contributed by atoms with Gasteiger partial charge in [0.2, 0.25) is 21.8 Å². The van der Waals surface area contributed by atoms with Gasteiger partial charge in [0.15, 0.2) is 0 Å². The lowest BCUT2D eigenvalue weighted by molar-refractivity contribution is -0.126. The predicted molar refractivity (Wildman–Crippen MR) is 127 cm³/mol. The van der Waals surface area contributed by atoms with E-state index in [4.69, 9.17) is 0 Å². The minimum Gasteiger partial charge on any atom is -0.349 e. The Morgan fingerprint density at radius 2 is 1.73 bits per heavy atom. The molecular weight excluding hydrogens is 438 g/mol. The van der Waals surface area contributed by atoms with E-state index < -0.39 is 15.4 Å². The van der Waals surface area contributed by atoms with Crippen LogP contribution in [0.3, 0.4) is 0 Å². The molecule has 0 unspecified atom stereocenters. The van der Waals surface area contributed by atoms with Gasteiger partial charge in [0.05, 0.1) is 16.4 Å². The summed E-state index contributed by atoms with van der Waals surface area (Å²) in [6.07, 6.45) is 0.953. The Morgan fingerprint density at radius 1 is 1.09 bits per heavy atom. The van der Waals surface area contributed by atoms with Gasteiger partial charge in [-0.2, -0.15) is 4.31 Å². The fraction of sp³-hybridized carbons (Fsp3) is 0.440. The van der Waals surface area contributed by atoms with Crippen molar-refractivity contribution in [3.05, 3.63) is 59.7 Å². The lowest BCUT2D eigenvalue weighted by Crippen LogP contribution is -2.43. The fourth-order valence-corrected chi connectivity index (χ4v) is 6.27. The summed E-state index contributed by atoms with van der Waals surface area (Å²) in [6.45, 7) is 6.16. The first-order chi connectivity index (χ1) is 15.5. The van der Waals surface area contributed by atoms with Gasteiger partial charge in [0.25, 0.3) is 0 Å². The zero-order chi connectivity index (χ0) is 24.0. The van der Waals surface area contributed by atoms with Crippen LogP contribution in [0.5, 0.6) is 0 Å². The Kier molecular flexibility index (Phi) is 6.09. The van der Waals surface area contributed by atoms with Crippen LogP contribution in [0.4, 0.5) is 5.69 Å². The predicted octanol–water partition coefficient (Wildman–Crippen LogP) is 3.22. The van der Waals surface area contributed by atoms with E-state index in [2.05, 4.69) is 5.32 Å². The molecule has 1 N–H and O–H groups in total. The number of benzene rings is 2. The summed E-state index contributed by atoms with van der Waals surface area (Å²) in [6, 6.07) is 14.6. The molecule has 2 amide bonds. The summed E-state index contributed by atoms with van der Waals surface area (Å²) in [4.78, 5) is 27.1. The number of nitrogens with one attached hydrogen (secondary N) is 1. The first-order valence-electron chi connectivity index (χ1n) is 11.3. The molecule has 4 rings (SSSR count). The Morgan fingerprint density at radius 3 is 2.36 bits per heavy atom. The van der Waals surface area contributed by atoms with Crippen molar-refractivity contribution in [2.24, 2.45) is 5.92 Å². The number of rotatable bonds is 5. The Bertz CT molecular complexity index is 1170. The number of hydrogen-bond acceptors (Lipinski definition) is 4. The molecule has 2 aromatic carbocycles. The van der Waals surface area contributed by atoms with Crippen LogP contribution in [0.2, 0.25) is 0 Å². The molecule has 0 aromatic heterocycles. The van der Waals surface area contributed by atoms with Gasteiger partial charge in [0.1, 0.15) is 0 Å². The minimum absolute atomic E-state index is 0.0377. The number of piperidine rings is 1. The highest BCUT2D eigenvalue weighted by Crippen LogP contribution is 2.42. The highest BCUT2D eigenvalue weighted by Gasteiger charge is 2.43. The number of nitrogens with zero attached hydrogens (tertiary/aromatic N) is 2. The van der Waals surface area contributed by atoms with E-state index in [0.29, 0.717) is 25.9 Å². The SMILES string of the molecule is C[C@@H](NC(=O)C1CCN(S(=O)(=O)c2ccc3c(c2)C(C)(C)C(=O)N3C)CC1)c1ccccc1. The van der Waals surface area contributed by atoms with Gasteiger partial charge in [-0.15, -0.1) is 0 Å². The fourth-order valence-electron chi connectivity index (χ4n) is 4.78. The maximum atomic E-state index is 13.3. The van der Waals surface area contributed by atoms with Crippen molar-refractivity contribution in [2.45, 2.75) is 50.0 Å². The number of amides is 2. The molecule has 33 heavy (non-hydrogen) atoms. The number of hydrogen-bond donors (Lipinski definition) is 1. The minimum atomic E-state index is -3.71. The van der Waals surface area contributed by atoms with Gasteiger partial charge in [-0.1, -0.05) is 30.3 Å². The first-order valence-corrected chi connectivity index (χ1v) is 12.8. The van der Waals surface area contributed by atoms with Crippen molar-refractivity contribution in [3.63, 3.8) is 0 Å². The molecule has 0 bridgehead atoms. The van der Waals surface area contributed by atoms with Crippen molar-refractivity contribution in [3.8, 4) is 0 Å². The van der Waals surface area contributed by atoms with Crippen LogP contribution in [-0.2, 0) is 25.0 Å². The van der Waals surface area contributed by atoms with Crippen LogP contribution < -0.4 is 10.2 Å². The molecule has 2 aliphatic rings. The Labute approximate surface area is 195 Å². The van der Waals surface area contributed by atoms with Crippen LogP contribution in [-0.4, -0.2) is 44.7 Å². The molecule has 0 spiro atoms. The highest BCUT2D eigenvalue weighted by atomic mass is 32.2. The van der Waals surface area contributed by atoms with E-state index in [1.807, 2.05) is 51.1 Å². The van der Waals surface area contributed by atoms with Crippen LogP contribution in [0.25, 0.3) is 0 Å². The monoisotopic (exact) mass is 469 g/mol. The average Bonchev–Trinajstić information content (AvgIpc) is 2.99. The lowest BCUT2D eigenvalue weighted by atomic mass is 9.86. The molecule has 176 valence electrons. The molecule has 1 fully saturated rings. The van der Waals surface area contributed by atoms with E-state index in [1.165, 1.54) is 4.31 Å². The van der Waals surface area contributed by atoms with Gasteiger partial charge in [-0.05, 0) is 62.9 Å². The largest absolute Gasteiger partial charge is 0.349 e. The molecule has 2 aromatic rings. The quantitative estimate of drug-likeness (QED) is 0.729. The molecule has 1 atom stereocenters. The summed E-state index contributed by atoms with van der Waals surface area (Å²) < 4.78 is 28.1. The number of anilines is 1. The van der Waals surface area contributed by atoms with Crippen LogP contribution in [0, 0.1) is 5.92 Å². The number of fused-ring (bicyclic) bond motifs is 1. The zero-order valence-corrected chi connectivity index (χ0v) is 20.4. The summed E-state index contributed by atoms with van der Waals surface area (Å²) in [5.74, 6) is -0.305. The molecule has 2 aliphatic heterocycles. The van der Waals surface area contributed by atoms with E-state index in [0.717, 1.165) is 16.8 Å². The highest BCUT2D eigenvalue weighted by molar-refractivity contribution is 7.89. The number of sulfonamides is 1. The molecule has 1 saturated heterocycles. The van der Waals surface area contributed by atoms with Crippen molar-refractivity contribution in [2.75, 3.05) is 25.0 Å². The van der Waals surface area contributed by atoms with Crippen LogP contribution in [0.1, 0.15) is 50.8 Å². The van der Waals surface area contributed by atoms with E-state index in [9.17, 15) is 18.0 Å². The second-order valence-corrected chi connectivity index (χ2v) is 11.4. The number of carbonyl (C=O) groups is 2. The van der Waals surface area contributed by atoms with Crippen molar-refractivity contribution < 1.29 is 18.0 Å². The van der Waals surface area contributed by atoms with E-state index in [-0.39, 0.29) is 28.7 Å². The average molecular weight is 470 g/mol. The molecule has 8 heteroatoms. The van der Waals surface area contributed by atoms with Gasteiger partial charge in [-0.3, -0.25) is 9.59 Å². The summed E-state index contributed by atoms with van der Waals surface area (Å²) >= 11 is 0. The normalized spacial score (nSPS) is 19.9. The van der Waals surface area contributed by atoms with Gasteiger partial charge in [0, 0.05) is 31.7 Å². The third-order valence-corrected chi connectivity index (χ3v) is 8.86. The summed E-state index contributed by atoms with van der Waals surface area (Å²) in [5.41, 5.74) is 1.73. The summed E-state index contributed by atoms with van der Waals surface area (Å²) in [7, 11) is -2.01. The van der Waals surface area contributed by atoms with Gasteiger partial charge < -0.3 is 10.2 Å². The lowest BCUT2D eigenvalue weighted by Gasteiger charge is -2.31. The molecule has 2 heterocycles. The van der Waals surface area contributed by atoms with E-state index in [1.54, 1.807) is 30.1 Å². The summed E-state index contributed by atoms with van der Waals surface area (Å²) in [5, 5.41) is 3.05. The van der Waals surface area contributed by atoms with Crippen molar-refractivity contribution in [1.82, 2.24) is 9.62 Å². The second kappa shape index (κ2) is 8.57. The second-order valence-electron chi connectivity index (χ2n) is 9.49. The smallest absolute Gasteiger partial charge is 0.243 e. The molecular formula is C25H31N3O4S. The van der Waals surface area contributed by atoms with Crippen molar-refractivity contribution >= 4 is 27.5 Å². The third kappa shape index (κ3) is 4.17. The standard InChI is InChI=1S/C25H31N3O4S/c1-17(18-8-6-5-7-9-18)26-23(29)19-12-14-28(15-13-19)33(31,32)20-10-11-22-21(16-20)25(2,3)24(30)27(22)4/h5-11,16-17,19H,12-15H2,1-4H3,(H,26,29)/t17-/m1/s1. The number of likely N-dealkylation sites (N-methyl/N-ethyl adjacent to an activating group) is 1. The molecule has 7 nitrogen and oxygen atoms in total. The maximum absolute atomic E-state index is 13.3. The van der Waals surface area contributed by atoms with E-state index >= 15 is 0 Å². The zero-order valence-electron chi connectivity index (χ0n) is 19.5. The molecule has 0 saturated carbocycles. The molecule has 0 radical (unpaired) electrons. The Balaban J connectivity index is 1.43. The molecule has 0 aliphatic carbocycles. The topological polar surface area (TPSA) is 86.8 Å². The van der Waals surface area contributed by atoms with Gasteiger partial charge >= 0.3 is 0 Å². The number of carbonyl (C=O) groups excluding carboxylic acids is 2. The third-order valence-electron chi connectivity index (χ3n) is 6.96. The Hall–Kier alpha value is -2.71. The van der Waals surface area contributed by atoms with Crippen LogP contribution in [0.15, 0.2) is 53.4 Å². The van der Waals surface area contributed by atoms with Crippen molar-refractivity contribution in [1.29, 1.82) is 0 Å².